The number of hydrogen-bond donors (Lipinski definition) is 1. The molecule has 1 aromatic rings. The van der Waals surface area contributed by atoms with Crippen LogP contribution in [-0.2, 0) is 0 Å². The summed E-state index contributed by atoms with van der Waals surface area (Å²) in [5.41, 5.74) is 0. The van der Waals surface area contributed by atoms with Gasteiger partial charge in [0.05, 0.1) is 6.04 Å². The highest BCUT2D eigenvalue weighted by molar-refractivity contribution is 4.96. The molecule has 0 spiro atoms. The van der Waals surface area contributed by atoms with Crippen molar-refractivity contribution in [3.63, 3.8) is 0 Å². The second kappa shape index (κ2) is 6.54. The first kappa shape index (κ1) is 13.9. The molecule has 0 saturated carbocycles. The first-order chi connectivity index (χ1) is 8.03. The van der Waals surface area contributed by atoms with Gasteiger partial charge >= 0.3 is 6.18 Å². The third kappa shape index (κ3) is 5.63. The quantitative estimate of drug-likeness (QED) is 0.840. The lowest BCUT2D eigenvalue weighted by molar-refractivity contribution is -0.136. The molecule has 3 nitrogen and oxygen atoms in total. The summed E-state index contributed by atoms with van der Waals surface area (Å²) < 4.78 is 36.6. The zero-order valence-corrected chi connectivity index (χ0v) is 9.67. The highest BCUT2D eigenvalue weighted by atomic mass is 19.4. The van der Waals surface area contributed by atoms with Gasteiger partial charge in [-0.05, 0) is 25.5 Å². The molecule has 0 aliphatic carbocycles. The summed E-state index contributed by atoms with van der Waals surface area (Å²) in [6.45, 7) is 2.61. The SMILES string of the molecule is CCCNC(CCC(F)(F)F)c1ncccn1. The van der Waals surface area contributed by atoms with Gasteiger partial charge in [-0.1, -0.05) is 6.92 Å². The topological polar surface area (TPSA) is 37.8 Å². The number of nitrogens with one attached hydrogen (secondary N) is 1. The molecule has 1 heterocycles. The van der Waals surface area contributed by atoms with Crippen LogP contribution in [0.5, 0.6) is 0 Å². The number of hydrogen-bond acceptors (Lipinski definition) is 3. The molecule has 0 aliphatic heterocycles. The van der Waals surface area contributed by atoms with E-state index in [9.17, 15) is 13.2 Å². The lowest BCUT2D eigenvalue weighted by Crippen LogP contribution is -2.25. The van der Waals surface area contributed by atoms with Crippen molar-refractivity contribution in [2.45, 2.75) is 38.4 Å². The molecule has 6 heteroatoms. The molecular weight excluding hydrogens is 231 g/mol. The van der Waals surface area contributed by atoms with E-state index in [1.807, 2.05) is 6.92 Å². The molecule has 1 N–H and O–H groups in total. The fraction of sp³-hybridized carbons (Fsp3) is 0.636. The fourth-order valence-electron chi connectivity index (χ4n) is 1.44. The van der Waals surface area contributed by atoms with Gasteiger partial charge in [0, 0.05) is 18.8 Å². The second-order valence-corrected chi connectivity index (χ2v) is 3.77. The molecular formula is C11H16F3N3. The Morgan fingerprint density at radius 2 is 1.94 bits per heavy atom. The van der Waals surface area contributed by atoms with Gasteiger partial charge in [-0.15, -0.1) is 0 Å². The first-order valence-corrected chi connectivity index (χ1v) is 5.60. The molecule has 1 atom stereocenters. The number of halogens is 3. The van der Waals surface area contributed by atoms with Gasteiger partial charge in [-0.2, -0.15) is 13.2 Å². The average Bonchev–Trinajstić information content (AvgIpc) is 2.29. The fourth-order valence-corrected chi connectivity index (χ4v) is 1.44. The molecule has 1 aromatic heterocycles. The Hall–Kier alpha value is -1.17. The van der Waals surface area contributed by atoms with E-state index in [-0.39, 0.29) is 6.42 Å². The van der Waals surface area contributed by atoms with Crippen molar-refractivity contribution in [1.82, 2.24) is 15.3 Å². The van der Waals surface area contributed by atoms with E-state index in [4.69, 9.17) is 0 Å². The highest BCUT2D eigenvalue weighted by Crippen LogP contribution is 2.26. The van der Waals surface area contributed by atoms with Crippen molar-refractivity contribution < 1.29 is 13.2 Å². The molecule has 0 aromatic carbocycles. The van der Waals surface area contributed by atoms with Gasteiger partial charge in [0.2, 0.25) is 0 Å². The van der Waals surface area contributed by atoms with Crippen LogP contribution in [0.1, 0.15) is 38.1 Å². The van der Waals surface area contributed by atoms with Crippen molar-refractivity contribution in [3.8, 4) is 0 Å². The molecule has 17 heavy (non-hydrogen) atoms. The summed E-state index contributed by atoms with van der Waals surface area (Å²) in [4.78, 5) is 7.98. The molecule has 0 fully saturated rings. The molecule has 0 amide bonds. The molecule has 0 bridgehead atoms. The summed E-state index contributed by atoms with van der Waals surface area (Å²) in [5, 5.41) is 3.03. The van der Waals surface area contributed by atoms with Crippen LogP contribution < -0.4 is 5.32 Å². The maximum Gasteiger partial charge on any atom is 0.389 e. The van der Waals surface area contributed by atoms with E-state index in [0.29, 0.717) is 12.4 Å². The monoisotopic (exact) mass is 247 g/mol. The van der Waals surface area contributed by atoms with Crippen LogP contribution >= 0.6 is 0 Å². The zero-order valence-electron chi connectivity index (χ0n) is 9.67. The Kier molecular flexibility index (Phi) is 5.34. The van der Waals surface area contributed by atoms with Gasteiger partial charge in [0.1, 0.15) is 5.82 Å². The maximum absolute atomic E-state index is 12.2. The van der Waals surface area contributed by atoms with Crippen molar-refractivity contribution in [1.29, 1.82) is 0 Å². The van der Waals surface area contributed by atoms with Gasteiger partial charge < -0.3 is 5.32 Å². The van der Waals surface area contributed by atoms with Gasteiger partial charge in [-0.3, -0.25) is 0 Å². The molecule has 0 saturated heterocycles. The smallest absolute Gasteiger partial charge is 0.307 e. The van der Waals surface area contributed by atoms with E-state index in [1.54, 1.807) is 6.07 Å². The predicted molar refractivity (Wildman–Crippen MR) is 58.4 cm³/mol. The summed E-state index contributed by atoms with van der Waals surface area (Å²) in [5.74, 6) is 0.421. The van der Waals surface area contributed by atoms with Crippen LogP contribution in [-0.4, -0.2) is 22.7 Å². The second-order valence-electron chi connectivity index (χ2n) is 3.77. The van der Waals surface area contributed by atoms with E-state index in [1.165, 1.54) is 12.4 Å². The van der Waals surface area contributed by atoms with E-state index < -0.39 is 18.6 Å². The Bertz CT molecular complexity index is 313. The zero-order chi connectivity index (χ0) is 12.7. The van der Waals surface area contributed by atoms with Crippen LogP contribution in [0.25, 0.3) is 0 Å². The van der Waals surface area contributed by atoms with Crippen LogP contribution in [0, 0.1) is 0 Å². The third-order valence-corrected chi connectivity index (χ3v) is 2.25. The number of alkyl halides is 3. The van der Waals surface area contributed by atoms with Crippen LogP contribution in [0.3, 0.4) is 0 Å². The minimum Gasteiger partial charge on any atom is -0.307 e. The number of nitrogens with zero attached hydrogens (tertiary/aromatic N) is 2. The maximum atomic E-state index is 12.2. The Balaban J connectivity index is 2.61. The highest BCUT2D eigenvalue weighted by Gasteiger charge is 2.29. The van der Waals surface area contributed by atoms with Crippen LogP contribution in [0.4, 0.5) is 13.2 Å². The predicted octanol–water partition coefficient (Wildman–Crippen LogP) is 2.86. The van der Waals surface area contributed by atoms with Gasteiger partial charge in [-0.25, -0.2) is 9.97 Å². The molecule has 96 valence electrons. The Labute approximate surface area is 98.5 Å². The van der Waals surface area contributed by atoms with E-state index in [2.05, 4.69) is 15.3 Å². The average molecular weight is 247 g/mol. The normalized spacial score (nSPS) is 13.6. The Morgan fingerprint density at radius 3 is 2.47 bits per heavy atom. The van der Waals surface area contributed by atoms with Crippen LogP contribution in [0.2, 0.25) is 0 Å². The van der Waals surface area contributed by atoms with E-state index in [0.717, 1.165) is 6.42 Å². The molecule has 0 aliphatic rings. The first-order valence-electron chi connectivity index (χ1n) is 5.60. The number of aromatic nitrogens is 2. The van der Waals surface area contributed by atoms with Gasteiger partial charge in [0.15, 0.2) is 0 Å². The molecule has 1 unspecified atom stereocenters. The minimum absolute atomic E-state index is 0.0342. The van der Waals surface area contributed by atoms with E-state index >= 15 is 0 Å². The van der Waals surface area contributed by atoms with Gasteiger partial charge in [0.25, 0.3) is 0 Å². The largest absolute Gasteiger partial charge is 0.389 e. The van der Waals surface area contributed by atoms with Crippen LogP contribution in [0.15, 0.2) is 18.5 Å². The minimum atomic E-state index is -4.14. The van der Waals surface area contributed by atoms with Crippen molar-refractivity contribution in [2.24, 2.45) is 0 Å². The third-order valence-electron chi connectivity index (χ3n) is 2.25. The van der Waals surface area contributed by atoms with Crippen molar-refractivity contribution >= 4 is 0 Å². The molecule has 0 radical (unpaired) electrons. The Morgan fingerprint density at radius 1 is 1.29 bits per heavy atom. The standard InChI is InChI=1S/C11H16F3N3/c1-2-6-15-9(4-5-11(12,13)14)10-16-7-3-8-17-10/h3,7-9,15H,2,4-6H2,1H3. The summed E-state index contributed by atoms with van der Waals surface area (Å²) in [6, 6.07) is 1.21. The lowest BCUT2D eigenvalue weighted by atomic mass is 10.1. The van der Waals surface area contributed by atoms with Crippen molar-refractivity contribution in [3.05, 3.63) is 24.3 Å². The lowest BCUT2D eigenvalue weighted by Gasteiger charge is -2.17. The number of rotatable bonds is 6. The van der Waals surface area contributed by atoms with Crippen molar-refractivity contribution in [2.75, 3.05) is 6.54 Å². The summed E-state index contributed by atoms with van der Waals surface area (Å²) in [7, 11) is 0. The summed E-state index contributed by atoms with van der Waals surface area (Å²) in [6.07, 6.45) is -1.07. The molecule has 1 rings (SSSR count). The summed E-state index contributed by atoms with van der Waals surface area (Å²) >= 11 is 0.